The predicted molar refractivity (Wildman–Crippen MR) is 117 cm³/mol. The van der Waals surface area contributed by atoms with Crippen LogP contribution in [0.4, 0.5) is 0 Å². The third-order valence-electron chi connectivity index (χ3n) is 5.25. The van der Waals surface area contributed by atoms with Crippen molar-refractivity contribution in [3.63, 3.8) is 0 Å². The Balaban J connectivity index is 0.000000178. The summed E-state index contributed by atoms with van der Waals surface area (Å²) in [6.07, 6.45) is 13.0. The molecule has 0 radical (unpaired) electrons. The Morgan fingerprint density at radius 1 is 1.00 bits per heavy atom. The van der Waals surface area contributed by atoms with E-state index in [0.717, 1.165) is 14.5 Å². The van der Waals surface area contributed by atoms with E-state index in [4.69, 9.17) is 0 Å². The first-order chi connectivity index (χ1) is 12.8. The van der Waals surface area contributed by atoms with Crippen molar-refractivity contribution in [1.29, 1.82) is 0 Å². The van der Waals surface area contributed by atoms with Crippen LogP contribution in [0.5, 0.6) is 0 Å². The average Bonchev–Trinajstić information content (AvgIpc) is 3.28. The smallest absolute Gasteiger partial charge is 0 e. The summed E-state index contributed by atoms with van der Waals surface area (Å²) >= 11 is 0. The molecule has 0 N–H and O–H groups in total. The number of hydrogen-bond donors (Lipinski definition) is 0. The van der Waals surface area contributed by atoms with Gasteiger partial charge in [-0.25, -0.2) is 18.1 Å². The van der Waals surface area contributed by atoms with Crippen LogP contribution in [0.1, 0.15) is 24.8 Å². The number of aryl methyl sites for hydroxylation is 1. The van der Waals surface area contributed by atoms with Crippen molar-refractivity contribution in [2.75, 3.05) is 0 Å². The molecule has 2 atom stereocenters. The normalized spacial score (nSPS) is 17.7. The van der Waals surface area contributed by atoms with Gasteiger partial charge in [0.1, 0.15) is 0 Å². The Labute approximate surface area is 183 Å². The molecule has 2 aliphatic rings. The van der Waals surface area contributed by atoms with E-state index in [0.29, 0.717) is 0 Å². The molecule has 3 aromatic rings. The van der Waals surface area contributed by atoms with Gasteiger partial charge in [-0.3, -0.25) is 0 Å². The predicted octanol–water partition coefficient (Wildman–Crippen LogP) is 5.98. The van der Waals surface area contributed by atoms with E-state index in [-0.39, 0.29) is 25.8 Å². The fourth-order valence-electron chi connectivity index (χ4n) is 3.86. The van der Waals surface area contributed by atoms with E-state index in [2.05, 4.69) is 92.2 Å². The van der Waals surface area contributed by atoms with Crippen molar-refractivity contribution < 1.29 is 25.8 Å². The van der Waals surface area contributed by atoms with Gasteiger partial charge in [0, 0.05) is 25.8 Å². The summed E-state index contributed by atoms with van der Waals surface area (Å²) in [6.45, 7) is 2.21. The minimum Gasteiger partial charge on any atom is -0.227 e. The largest absolute Gasteiger partial charge is 0.227 e. The molecule has 2 heteroatoms. The second-order valence-electron chi connectivity index (χ2n) is 7.09. The van der Waals surface area contributed by atoms with Crippen LogP contribution in [0.3, 0.4) is 0 Å². The first-order valence-corrected chi connectivity index (χ1v) is 10.5. The molecule has 1 saturated carbocycles. The van der Waals surface area contributed by atoms with E-state index in [1.165, 1.54) is 46.2 Å². The molecule has 2 aliphatic carbocycles. The topological polar surface area (TPSA) is 0 Å². The zero-order valence-corrected chi connectivity index (χ0v) is 20.4. The zero-order valence-electron chi connectivity index (χ0n) is 15.8. The molecular formula is C25H25HfP-2. The van der Waals surface area contributed by atoms with Gasteiger partial charge in [-0.05, 0) is 17.6 Å². The molecule has 2 unspecified atom stereocenters. The number of rotatable bonds is 2. The van der Waals surface area contributed by atoms with Gasteiger partial charge in [-0.1, -0.05) is 49.7 Å². The second-order valence-corrected chi connectivity index (χ2v) is 8.42. The molecule has 0 heterocycles. The molecule has 0 nitrogen and oxygen atoms in total. The Bertz CT molecular complexity index is 933. The first kappa shape index (κ1) is 20.4. The number of benzene rings is 2. The van der Waals surface area contributed by atoms with E-state index in [9.17, 15) is 0 Å². The van der Waals surface area contributed by atoms with E-state index in [1.807, 2.05) is 0 Å². The summed E-state index contributed by atoms with van der Waals surface area (Å²) in [4.78, 5) is 0. The van der Waals surface area contributed by atoms with Crippen LogP contribution >= 0.6 is 8.58 Å². The second kappa shape index (κ2) is 9.76. The van der Waals surface area contributed by atoms with E-state index >= 15 is 0 Å². The molecule has 27 heavy (non-hydrogen) atoms. The molecule has 0 spiro atoms. The molecule has 0 saturated heterocycles. The van der Waals surface area contributed by atoms with Crippen LogP contribution in [-0.4, -0.2) is 0 Å². The Morgan fingerprint density at radius 3 is 2.59 bits per heavy atom. The van der Waals surface area contributed by atoms with Crippen LogP contribution in [0.2, 0.25) is 0 Å². The van der Waals surface area contributed by atoms with Crippen molar-refractivity contribution >= 4 is 30.0 Å². The summed E-state index contributed by atoms with van der Waals surface area (Å²) in [7, 11) is 0.754. The van der Waals surface area contributed by atoms with Gasteiger partial charge in [-0.2, -0.15) is 0 Å². The van der Waals surface area contributed by atoms with Gasteiger partial charge in [0.15, 0.2) is 0 Å². The third-order valence-corrected chi connectivity index (χ3v) is 6.79. The van der Waals surface area contributed by atoms with Gasteiger partial charge < -0.3 is 0 Å². The maximum Gasteiger partial charge on any atom is 0 e. The minimum atomic E-state index is 0. The standard InChI is InChI=1S/C16H14P.C9H11.Hf/c1-12-11-13-7-5-6-10-15(13)16(12)17-14-8-3-2-4-9-14;1-2-5-9-7-3-6-8(9)4-1;/h2-11,17H,1H3;1-2,4,6,9H,3,5,7H2;/q2*-1;. The van der Waals surface area contributed by atoms with E-state index < -0.39 is 0 Å². The Morgan fingerprint density at radius 2 is 1.78 bits per heavy atom. The van der Waals surface area contributed by atoms with Crippen LogP contribution < -0.4 is 10.6 Å². The molecule has 5 rings (SSSR count). The molecule has 0 amide bonds. The average molecular weight is 535 g/mol. The quantitative estimate of drug-likeness (QED) is 0.216. The van der Waals surface area contributed by atoms with Crippen LogP contribution in [0, 0.1) is 19.3 Å². The zero-order chi connectivity index (χ0) is 17.8. The summed E-state index contributed by atoms with van der Waals surface area (Å²) in [6, 6.07) is 21.7. The fourth-order valence-corrected chi connectivity index (χ4v) is 5.14. The number of allylic oxidation sites excluding steroid dienone is 4. The first-order valence-electron chi connectivity index (χ1n) is 9.48. The summed E-state index contributed by atoms with van der Waals surface area (Å²) in [5, 5.41) is 5.68. The monoisotopic (exact) mass is 536 g/mol. The van der Waals surface area contributed by atoms with Crippen molar-refractivity contribution in [2.24, 2.45) is 5.92 Å². The summed E-state index contributed by atoms with van der Waals surface area (Å²) < 4.78 is 0. The van der Waals surface area contributed by atoms with Gasteiger partial charge in [-0.15, -0.1) is 73.1 Å². The molecule has 3 aromatic carbocycles. The van der Waals surface area contributed by atoms with Crippen molar-refractivity contribution in [1.82, 2.24) is 0 Å². The maximum atomic E-state index is 2.37. The maximum absolute atomic E-state index is 2.37. The number of fused-ring (bicyclic) bond motifs is 2. The van der Waals surface area contributed by atoms with Crippen molar-refractivity contribution in [3.8, 4) is 0 Å². The van der Waals surface area contributed by atoms with Gasteiger partial charge in [0.25, 0.3) is 0 Å². The molecular weight excluding hydrogens is 510 g/mol. The van der Waals surface area contributed by atoms with Crippen molar-refractivity contribution in [2.45, 2.75) is 26.2 Å². The van der Waals surface area contributed by atoms with Crippen LogP contribution in [0.15, 0.2) is 84.5 Å². The third kappa shape index (κ3) is 4.95. The SMILES string of the molecule is C1=CCC2CC[CH-]C2=C1.Cc1[cH-]c2ccccc2c1Pc1ccccc1.[Hf]. The Kier molecular flexibility index (Phi) is 7.39. The molecule has 1 fully saturated rings. The van der Waals surface area contributed by atoms with Crippen LogP contribution in [-0.2, 0) is 25.8 Å². The van der Waals surface area contributed by atoms with Gasteiger partial charge in [0.05, 0.1) is 0 Å². The fraction of sp³-hybridized carbons (Fsp3) is 0.200. The minimum absolute atomic E-state index is 0. The van der Waals surface area contributed by atoms with Crippen molar-refractivity contribution in [3.05, 3.63) is 96.4 Å². The molecule has 136 valence electrons. The molecule has 0 bridgehead atoms. The Hall–Kier alpha value is -1.30. The summed E-state index contributed by atoms with van der Waals surface area (Å²) in [5.41, 5.74) is 2.99. The molecule has 0 aliphatic heterocycles. The van der Waals surface area contributed by atoms with E-state index in [1.54, 1.807) is 5.57 Å². The summed E-state index contributed by atoms with van der Waals surface area (Å²) in [5.74, 6) is 0.884. The van der Waals surface area contributed by atoms with Crippen LogP contribution in [0.25, 0.3) is 10.8 Å². The van der Waals surface area contributed by atoms with Gasteiger partial charge >= 0.3 is 0 Å². The van der Waals surface area contributed by atoms with Gasteiger partial charge in [0.2, 0.25) is 0 Å². The number of hydrogen-bond acceptors (Lipinski definition) is 0. The molecule has 0 aromatic heterocycles.